The molecule has 0 saturated heterocycles. The van der Waals surface area contributed by atoms with Crippen LogP contribution in [-0.2, 0) is 5.41 Å². The normalized spacial score (nSPS) is 13.6. The average molecular weight is 640 g/mol. The van der Waals surface area contributed by atoms with Gasteiger partial charge >= 0.3 is 0 Å². The first-order valence-corrected chi connectivity index (χ1v) is 16.1. The Morgan fingerprint density at radius 2 is 1.02 bits per heavy atom. The van der Waals surface area contributed by atoms with Crippen LogP contribution in [0.25, 0.3) is 33.5 Å². The lowest BCUT2D eigenvalue weighted by Gasteiger charge is -2.44. The molecule has 3 heteroatoms. The van der Waals surface area contributed by atoms with Crippen molar-refractivity contribution in [1.29, 1.82) is 0 Å². The van der Waals surface area contributed by atoms with Crippen molar-refractivity contribution in [2.24, 2.45) is 0 Å². The van der Waals surface area contributed by atoms with Crippen molar-refractivity contribution in [3.8, 4) is 33.5 Å². The summed E-state index contributed by atoms with van der Waals surface area (Å²) in [6, 6.07) is 58.9. The summed E-state index contributed by atoms with van der Waals surface area (Å²) < 4.78 is 1.12. The maximum absolute atomic E-state index is 5.39. The number of para-hydroxylation sites is 2. The molecule has 0 bridgehead atoms. The number of halogens is 1. The van der Waals surface area contributed by atoms with E-state index in [1.165, 1.54) is 33.4 Å². The first-order chi connectivity index (χ1) is 22.2. The lowest BCUT2D eigenvalue weighted by molar-refractivity contribution is 0.751. The van der Waals surface area contributed by atoms with Crippen molar-refractivity contribution in [2.75, 3.05) is 4.90 Å². The first kappa shape index (κ1) is 26.2. The van der Waals surface area contributed by atoms with Gasteiger partial charge in [0.15, 0.2) is 0 Å². The molecule has 2 aliphatic rings. The van der Waals surface area contributed by atoms with Gasteiger partial charge in [0.25, 0.3) is 0 Å². The van der Waals surface area contributed by atoms with Crippen LogP contribution >= 0.6 is 15.9 Å². The third kappa shape index (κ3) is 3.77. The van der Waals surface area contributed by atoms with Gasteiger partial charge in [-0.15, -0.1) is 0 Å². The number of fused-ring (bicyclic) bond motifs is 9. The Kier molecular flexibility index (Phi) is 5.91. The fourth-order valence-electron chi connectivity index (χ4n) is 7.54. The quantitative estimate of drug-likeness (QED) is 0.191. The summed E-state index contributed by atoms with van der Waals surface area (Å²) in [5, 5.41) is 0. The second kappa shape index (κ2) is 10.2. The molecule has 45 heavy (non-hydrogen) atoms. The van der Waals surface area contributed by atoms with Gasteiger partial charge in [0, 0.05) is 15.6 Å². The van der Waals surface area contributed by atoms with Gasteiger partial charge in [0.1, 0.15) is 5.82 Å². The molecule has 0 saturated carbocycles. The average Bonchev–Trinajstić information content (AvgIpc) is 3.41. The summed E-state index contributed by atoms with van der Waals surface area (Å²) in [6.45, 7) is 0. The highest BCUT2D eigenvalue weighted by molar-refractivity contribution is 9.10. The number of benzene rings is 6. The summed E-state index contributed by atoms with van der Waals surface area (Å²) in [7, 11) is 0. The molecule has 1 spiro atoms. The third-order valence-corrected chi connectivity index (χ3v) is 9.99. The number of nitrogens with zero attached hydrogens (tertiary/aromatic N) is 2. The molecule has 7 aromatic rings. The van der Waals surface area contributed by atoms with Gasteiger partial charge < -0.3 is 0 Å². The van der Waals surface area contributed by atoms with E-state index in [0.717, 1.165) is 44.0 Å². The smallest absolute Gasteiger partial charge is 0.138 e. The SMILES string of the molecule is Brc1cccc2c1-c1ccccc1C21c2ccccc2N(c2cc(-c3ccccc3)cc(-c3ccccc3)n2)c2ccccc21. The molecule has 212 valence electrons. The van der Waals surface area contributed by atoms with Crippen LogP contribution in [0.4, 0.5) is 17.2 Å². The number of hydrogen-bond donors (Lipinski definition) is 0. The van der Waals surface area contributed by atoms with E-state index in [-0.39, 0.29) is 0 Å². The summed E-state index contributed by atoms with van der Waals surface area (Å²) in [4.78, 5) is 7.76. The van der Waals surface area contributed by atoms with E-state index in [9.17, 15) is 0 Å². The van der Waals surface area contributed by atoms with E-state index in [1.54, 1.807) is 0 Å². The van der Waals surface area contributed by atoms with E-state index >= 15 is 0 Å². The summed E-state index contributed by atoms with van der Waals surface area (Å²) in [5.74, 6) is 0.894. The Labute approximate surface area is 271 Å². The zero-order chi connectivity index (χ0) is 30.0. The number of anilines is 3. The highest BCUT2D eigenvalue weighted by Gasteiger charge is 2.52. The van der Waals surface area contributed by atoms with Gasteiger partial charge in [-0.2, -0.15) is 0 Å². The molecule has 0 unspecified atom stereocenters. The predicted molar refractivity (Wildman–Crippen MR) is 188 cm³/mol. The Bertz CT molecular complexity index is 2140. The van der Waals surface area contributed by atoms with Crippen LogP contribution in [0.15, 0.2) is 168 Å². The second-order valence-electron chi connectivity index (χ2n) is 11.7. The van der Waals surface area contributed by atoms with E-state index in [2.05, 4.69) is 185 Å². The van der Waals surface area contributed by atoms with Gasteiger partial charge in [-0.05, 0) is 69.3 Å². The van der Waals surface area contributed by atoms with E-state index < -0.39 is 5.41 Å². The highest BCUT2D eigenvalue weighted by Crippen LogP contribution is 2.64. The predicted octanol–water partition coefficient (Wildman–Crippen LogP) is 11.3. The fourth-order valence-corrected chi connectivity index (χ4v) is 8.12. The maximum Gasteiger partial charge on any atom is 0.138 e. The van der Waals surface area contributed by atoms with Crippen molar-refractivity contribution in [3.63, 3.8) is 0 Å². The molecule has 9 rings (SSSR count). The lowest BCUT2D eigenvalue weighted by Crippen LogP contribution is -2.36. The Morgan fingerprint density at radius 3 is 1.71 bits per heavy atom. The van der Waals surface area contributed by atoms with Crippen LogP contribution in [-0.4, -0.2) is 4.98 Å². The lowest BCUT2D eigenvalue weighted by atomic mass is 9.65. The highest BCUT2D eigenvalue weighted by atomic mass is 79.9. The molecule has 0 N–H and O–H groups in total. The topological polar surface area (TPSA) is 16.1 Å². The minimum atomic E-state index is -0.474. The Morgan fingerprint density at radius 1 is 0.467 bits per heavy atom. The molecule has 0 radical (unpaired) electrons. The third-order valence-electron chi connectivity index (χ3n) is 9.33. The molecular formula is C42H27BrN2. The molecule has 2 nitrogen and oxygen atoms in total. The van der Waals surface area contributed by atoms with E-state index in [4.69, 9.17) is 4.98 Å². The minimum Gasteiger partial charge on any atom is -0.294 e. The molecule has 0 atom stereocenters. The van der Waals surface area contributed by atoms with Crippen LogP contribution < -0.4 is 4.90 Å². The number of hydrogen-bond acceptors (Lipinski definition) is 2. The summed E-state index contributed by atoms with van der Waals surface area (Å²) in [5.41, 5.74) is 13.8. The van der Waals surface area contributed by atoms with Crippen LogP contribution in [0.2, 0.25) is 0 Å². The molecule has 0 amide bonds. The molecule has 1 aliphatic carbocycles. The van der Waals surface area contributed by atoms with Gasteiger partial charge in [-0.25, -0.2) is 4.98 Å². The number of rotatable bonds is 3. The second-order valence-corrected chi connectivity index (χ2v) is 12.5. The largest absolute Gasteiger partial charge is 0.294 e. The van der Waals surface area contributed by atoms with Crippen LogP contribution in [0.1, 0.15) is 22.3 Å². The van der Waals surface area contributed by atoms with Crippen molar-refractivity contribution in [1.82, 2.24) is 4.98 Å². The minimum absolute atomic E-state index is 0.474. The Hall–Kier alpha value is -5.25. The first-order valence-electron chi connectivity index (χ1n) is 15.3. The van der Waals surface area contributed by atoms with Gasteiger partial charge in [-0.1, -0.05) is 149 Å². The van der Waals surface area contributed by atoms with Crippen LogP contribution in [0, 0.1) is 0 Å². The zero-order valence-electron chi connectivity index (χ0n) is 24.4. The van der Waals surface area contributed by atoms with Gasteiger partial charge in [0.2, 0.25) is 0 Å². The molecule has 1 aliphatic heterocycles. The Balaban J connectivity index is 1.37. The molecule has 1 aromatic heterocycles. The molecule has 0 fully saturated rings. The molecule has 2 heterocycles. The summed E-state index contributed by atoms with van der Waals surface area (Å²) in [6.07, 6.45) is 0. The van der Waals surface area contributed by atoms with Crippen molar-refractivity contribution in [3.05, 3.63) is 191 Å². The van der Waals surface area contributed by atoms with Crippen LogP contribution in [0.5, 0.6) is 0 Å². The standard InChI is InChI=1S/C42H27BrN2/c43-36-23-13-22-35-41(36)31-18-7-8-19-32(31)42(35)33-20-9-11-24-38(33)45(39-25-12-10-21-34(39)42)40-27-30(28-14-3-1-4-15-28)26-37(44-40)29-16-5-2-6-17-29/h1-27H. The molecular weight excluding hydrogens is 612 g/mol. The van der Waals surface area contributed by atoms with Crippen molar-refractivity contribution >= 4 is 33.1 Å². The summed E-state index contributed by atoms with van der Waals surface area (Å²) >= 11 is 3.94. The number of pyridine rings is 1. The van der Waals surface area contributed by atoms with Crippen molar-refractivity contribution in [2.45, 2.75) is 5.41 Å². The maximum atomic E-state index is 5.39. The zero-order valence-corrected chi connectivity index (χ0v) is 25.9. The van der Waals surface area contributed by atoms with Gasteiger partial charge in [-0.3, -0.25) is 4.90 Å². The molecule has 6 aromatic carbocycles. The van der Waals surface area contributed by atoms with Crippen LogP contribution in [0.3, 0.4) is 0 Å². The van der Waals surface area contributed by atoms with Gasteiger partial charge in [0.05, 0.1) is 22.5 Å². The van der Waals surface area contributed by atoms with E-state index in [0.29, 0.717) is 0 Å². The van der Waals surface area contributed by atoms with Crippen molar-refractivity contribution < 1.29 is 0 Å². The number of aromatic nitrogens is 1. The monoisotopic (exact) mass is 638 g/mol. The fraction of sp³-hybridized carbons (Fsp3) is 0.0238. The van der Waals surface area contributed by atoms with E-state index in [1.807, 2.05) is 0 Å².